The van der Waals surface area contributed by atoms with E-state index in [0.29, 0.717) is 13.0 Å². The number of rotatable bonds is 6. The molecular weight excluding hydrogens is 334 g/mol. The Morgan fingerprint density at radius 2 is 2.08 bits per heavy atom. The van der Waals surface area contributed by atoms with Gasteiger partial charge in [0.05, 0.1) is 11.5 Å². The van der Waals surface area contributed by atoms with E-state index in [-0.39, 0.29) is 41.4 Å². The van der Waals surface area contributed by atoms with E-state index in [0.717, 1.165) is 5.56 Å². The van der Waals surface area contributed by atoms with E-state index < -0.39 is 15.8 Å². The molecule has 1 N–H and O–H groups in total. The average molecular weight is 355 g/mol. The number of likely N-dealkylation sites (N-methyl/N-ethyl adjacent to an activating group) is 1. The highest BCUT2D eigenvalue weighted by atomic mass is 32.2. The highest BCUT2D eigenvalue weighted by Gasteiger charge is 2.34. The Morgan fingerprint density at radius 3 is 2.62 bits per heavy atom. The Morgan fingerprint density at radius 1 is 1.38 bits per heavy atom. The van der Waals surface area contributed by atoms with Gasteiger partial charge in [0.15, 0.2) is 16.4 Å². The van der Waals surface area contributed by atoms with Crippen LogP contribution in [0.15, 0.2) is 18.2 Å². The van der Waals surface area contributed by atoms with Crippen LogP contribution in [0.5, 0.6) is 5.75 Å². The molecule has 1 fully saturated rings. The second kappa shape index (κ2) is 7.21. The van der Waals surface area contributed by atoms with Crippen LogP contribution in [-0.4, -0.2) is 61.0 Å². The number of aromatic carboxylic acids is 1. The largest absolute Gasteiger partial charge is 0.483 e. The molecule has 0 spiro atoms. The first-order chi connectivity index (χ1) is 11.2. The summed E-state index contributed by atoms with van der Waals surface area (Å²) in [7, 11) is -3.09. The average Bonchev–Trinajstić information content (AvgIpc) is 2.85. The third kappa shape index (κ3) is 4.25. The third-order valence-electron chi connectivity index (χ3n) is 4.03. The van der Waals surface area contributed by atoms with Crippen LogP contribution < -0.4 is 4.74 Å². The summed E-state index contributed by atoms with van der Waals surface area (Å²) in [5, 5.41) is 9.17. The summed E-state index contributed by atoms with van der Waals surface area (Å²) in [5.74, 6) is -1.30. The van der Waals surface area contributed by atoms with Crippen LogP contribution in [0.25, 0.3) is 0 Å². The molecule has 0 aromatic heterocycles. The van der Waals surface area contributed by atoms with Crippen molar-refractivity contribution >= 4 is 21.7 Å². The van der Waals surface area contributed by atoms with Crippen LogP contribution in [0.3, 0.4) is 0 Å². The van der Waals surface area contributed by atoms with E-state index in [9.17, 15) is 18.0 Å². The molecule has 8 heteroatoms. The number of sulfone groups is 1. The van der Waals surface area contributed by atoms with Crippen molar-refractivity contribution in [1.29, 1.82) is 0 Å². The molecule has 1 aromatic carbocycles. The molecule has 1 saturated heterocycles. The molecule has 1 aliphatic rings. The van der Waals surface area contributed by atoms with Gasteiger partial charge in [-0.3, -0.25) is 4.79 Å². The molecular formula is C16H21NO6S. The van der Waals surface area contributed by atoms with Crippen molar-refractivity contribution in [1.82, 2.24) is 4.90 Å². The number of hydrogen-bond acceptors (Lipinski definition) is 5. The summed E-state index contributed by atoms with van der Waals surface area (Å²) in [4.78, 5) is 25.1. The van der Waals surface area contributed by atoms with Gasteiger partial charge in [0.2, 0.25) is 0 Å². The van der Waals surface area contributed by atoms with E-state index in [1.54, 1.807) is 26.0 Å². The minimum Gasteiger partial charge on any atom is -0.483 e. The molecule has 1 aromatic rings. The van der Waals surface area contributed by atoms with Gasteiger partial charge in [0.25, 0.3) is 5.91 Å². The van der Waals surface area contributed by atoms with Gasteiger partial charge in [-0.1, -0.05) is 6.07 Å². The first kappa shape index (κ1) is 18.3. The lowest BCUT2D eigenvalue weighted by Gasteiger charge is -2.26. The third-order valence-corrected chi connectivity index (χ3v) is 5.78. The van der Waals surface area contributed by atoms with Crippen LogP contribution in [0.1, 0.15) is 29.3 Å². The van der Waals surface area contributed by atoms with Crippen LogP contribution in [-0.2, 0) is 14.6 Å². The number of ether oxygens (including phenoxy) is 1. The Kier molecular flexibility index (Phi) is 5.48. The van der Waals surface area contributed by atoms with Crippen molar-refractivity contribution in [2.75, 3.05) is 24.7 Å². The van der Waals surface area contributed by atoms with Crippen molar-refractivity contribution in [3.63, 3.8) is 0 Å². The van der Waals surface area contributed by atoms with Gasteiger partial charge in [-0.05, 0) is 38.0 Å². The fourth-order valence-corrected chi connectivity index (χ4v) is 4.54. The summed E-state index contributed by atoms with van der Waals surface area (Å²) in [6, 6.07) is 4.30. The number of aryl methyl sites for hydroxylation is 1. The van der Waals surface area contributed by atoms with Crippen molar-refractivity contribution in [2.45, 2.75) is 26.3 Å². The lowest BCUT2D eigenvalue weighted by molar-refractivity contribution is -0.135. The van der Waals surface area contributed by atoms with Gasteiger partial charge >= 0.3 is 5.97 Å². The Labute approximate surface area is 141 Å². The second-order valence-electron chi connectivity index (χ2n) is 5.83. The molecule has 0 saturated carbocycles. The molecule has 24 heavy (non-hydrogen) atoms. The lowest BCUT2D eigenvalue weighted by Crippen LogP contribution is -2.43. The minimum atomic E-state index is -3.09. The van der Waals surface area contributed by atoms with E-state index in [2.05, 4.69) is 0 Å². The monoisotopic (exact) mass is 355 g/mol. The number of carbonyl (C=O) groups is 2. The fourth-order valence-electron chi connectivity index (χ4n) is 2.81. The maximum absolute atomic E-state index is 12.4. The maximum atomic E-state index is 12.4. The predicted molar refractivity (Wildman–Crippen MR) is 88.1 cm³/mol. The van der Waals surface area contributed by atoms with E-state index >= 15 is 0 Å². The van der Waals surface area contributed by atoms with Crippen LogP contribution in [0.4, 0.5) is 0 Å². The van der Waals surface area contributed by atoms with E-state index in [4.69, 9.17) is 9.84 Å². The zero-order chi connectivity index (χ0) is 17.9. The highest BCUT2D eigenvalue weighted by Crippen LogP contribution is 2.21. The molecule has 132 valence electrons. The van der Waals surface area contributed by atoms with Gasteiger partial charge in [-0.15, -0.1) is 0 Å². The smallest absolute Gasteiger partial charge is 0.339 e. The first-order valence-electron chi connectivity index (χ1n) is 7.70. The van der Waals surface area contributed by atoms with Crippen molar-refractivity contribution in [3.05, 3.63) is 29.3 Å². The molecule has 1 aliphatic heterocycles. The van der Waals surface area contributed by atoms with Crippen molar-refractivity contribution in [3.8, 4) is 5.75 Å². The van der Waals surface area contributed by atoms with Gasteiger partial charge in [0, 0.05) is 12.6 Å². The standard InChI is InChI=1S/C16H21NO6S/c1-3-17(12-6-7-24(21,22)10-12)15(18)9-23-14-8-11(2)4-5-13(14)16(19)20/h4-5,8,12H,3,6-7,9-10H2,1-2H3,(H,19,20)/t12-/m0/s1. The van der Waals surface area contributed by atoms with Crippen molar-refractivity contribution < 1.29 is 27.9 Å². The lowest BCUT2D eigenvalue weighted by atomic mass is 10.1. The second-order valence-corrected chi connectivity index (χ2v) is 8.06. The highest BCUT2D eigenvalue weighted by molar-refractivity contribution is 7.91. The topological polar surface area (TPSA) is 101 Å². The number of nitrogens with zero attached hydrogens (tertiary/aromatic N) is 1. The summed E-state index contributed by atoms with van der Waals surface area (Å²) >= 11 is 0. The molecule has 0 radical (unpaired) electrons. The zero-order valence-corrected chi connectivity index (χ0v) is 14.5. The number of hydrogen-bond donors (Lipinski definition) is 1. The molecule has 1 atom stereocenters. The van der Waals surface area contributed by atoms with E-state index in [1.807, 2.05) is 0 Å². The number of carboxylic acid groups (broad SMARTS) is 1. The Bertz CT molecular complexity index is 743. The van der Waals surface area contributed by atoms with Crippen LogP contribution >= 0.6 is 0 Å². The normalized spacial score (nSPS) is 19.0. The molecule has 2 rings (SSSR count). The number of benzene rings is 1. The first-order valence-corrected chi connectivity index (χ1v) is 9.52. The minimum absolute atomic E-state index is 0.0140. The van der Waals surface area contributed by atoms with Gasteiger partial charge in [-0.25, -0.2) is 13.2 Å². The maximum Gasteiger partial charge on any atom is 0.339 e. The molecule has 1 amide bonds. The molecule has 0 aliphatic carbocycles. The van der Waals surface area contributed by atoms with Crippen LogP contribution in [0.2, 0.25) is 0 Å². The number of carboxylic acids is 1. The molecule has 7 nitrogen and oxygen atoms in total. The van der Waals surface area contributed by atoms with Gasteiger partial charge in [0.1, 0.15) is 11.3 Å². The summed E-state index contributed by atoms with van der Waals surface area (Å²) < 4.78 is 28.6. The summed E-state index contributed by atoms with van der Waals surface area (Å²) in [6.07, 6.45) is 0.423. The summed E-state index contributed by atoms with van der Waals surface area (Å²) in [6.45, 7) is 3.62. The molecule has 0 unspecified atom stereocenters. The number of carbonyl (C=O) groups excluding carboxylic acids is 1. The Hall–Kier alpha value is -2.09. The predicted octanol–water partition coefficient (Wildman–Crippen LogP) is 1.11. The van der Waals surface area contributed by atoms with Crippen LogP contribution in [0, 0.1) is 6.92 Å². The Balaban J connectivity index is 2.07. The van der Waals surface area contributed by atoms with E-state index in [1.165, 1.54) is 11.0 Å². The molecule has 0 bridgehead atoms. The van der Waals surface area contributed by atoms with Gasteiger partial charge in [-0.2, -0.15) is 0 Å². The van der Waals surface area contributed by atoms with Crippen molar-refractivity contribution in [2.24, 2.45) is 0 Å². The van der Waals surface area contributed by atoms with Gasteiger partial charge < -0.3 is 14.7 Å². The zero-order valence-electron chi connectivity index (χ0n) is 13.7. The quantitative estimate of drug-likeness (QED) is 0.820. The fraction of sp³-hybridized carbons (Fsp3) is 0.500. The summed E-state index contributed by atoms with van der Waals surface area (Å²) in [5.41, 5.74) is 0.802. The number of amides is 1. The SMILES string of the molecule is CCN(C(=O)COc1cc(C)ccc1C(=O)O)[C@H]1CCS(=O)(=O)C1. The molecule has 1 heterocycles.